The Morgan fingerprint density at radius 1 is 1.61 bits per heavy atom. The Labute approximate surface area is 105 Å². The highest BCUT2D eigenvalue weighted by Crippen LogP contribution is 2.17. The van der Waals surface area contributed by atoms with Gasteiger partial charge in [0.25, 0.3) is 0 Å². The Balaban J connectivity index is 2.94. The number of pyridine rings is 1. The first-order chi connectivity index (χ1) is 8.19. The van der Waals surface area contributed by atoms with Crippen LogP contribution in [0.2, 0.25) is 0 Å². The van der Waals surface area contributed by atoms with Gasteiger partial charge in [-0.05, 0) is 13.0 Å². The molecule has 0 saturated heterocycles. The van der Waals surface area contributed by atoms with Gasteiger partial charge in [-0.1, -0.05) is 0 Å². The van der Waals surface area contributed by atoms with E-state index >= 15 is 0 Å². The van der Waals surface area contributed by atoms with Crippen LogP contribution in [0.5, 0.6) is 0 Å². The topological polar surface area (TPSA) is 122 Å². The predicted octanol–water partition coefficient (Wildman–Crippen LogP) is 0.207. The number of carbonyl (C=O) groups is 1. The van der Waals surface area contributed by atoms with E-state index in [4.69, 9.17) is 10.8 Å². The molecule has 1 aromatic rings. The number of hydrogen-bond acceptors (Lipinski definition) is 6. The van der Waals surface area contributed by atoms with E-state index in [1.54, 1.807) is 6.92 Å². The Hall–Kier alpha value is -1.83. The quantitative estimate of drug-likeness (QED) is 0.700. The lowest BCUT2D eigenvalue weighted by atomic mass is 10.2. The third-order valence-electron chi connectivity index (χ3n) is 2.11. The summed E-state index contributed by atoms with van der Waals surface area (Å²) in [7, 11) is -3.14. The second-order valence-corrected chi connectivity index (χ2v) is 6.28. The van der Waals surface area contributed by atoms with Crippen LogP contribution in [0.4, 0.5) is 11.5 Å². The molecule has 1 atom stereocenters. The summed E-state index contributed by atoms with van der Waals surface area (Å²) in [5, 5.41) is 11.8. The van der Waals surface area contributed by atoms with Gasteiger partial charge in [-0.25, -0.2) is 18.2 Å². The fourth-order valence-electron chi connectivity index (χ4n) is 1.52. The van der Waals surface area contributed by atoms with Gasteiger partial charge < -0.3 is 16.2 Å². The fourth-order valence-corrected chi connectivity index (χ4v) is 2.52. The van der Waals surface area contributed by atoms with Crippen molar-refractivity contribution in [3.8, 4) is 0 Å². The monoisotopic (exact) mass is 273 g/mol. The number of nitrogens with zero attached hydrogens (tertiary/aromatic N) is 1. The first-order valence-corrected chi connectivity index (χ1v) is 7.18. The van der Waals surface area contributed by atoms with Crippen LogP contribution in [0.3, 0.4) is 0 Å². The molecule has 0 aliphatic heterocycles. The fraction of sp³-hybridized carbons (Fsp3) is 0.400. The summed E-state index contributed by atoms with van der Waals surface area (Å²) in [6, 6.07) is 0.793. The number of nitrogen functional groups attached to an aromatic ring is 1. The molecule has 0 fully saturated rings. The van der Waals surface area contributed by atoms with Crippen molar-refractivity contribution < 1.29 is 18.3 Å². The van der Waals surface area contributed by atoms with Crippen molar-refractivity contribution in [3.63, 3.8) is 0 Å². The highest BCUT2D eigenvalue weighted by atomic mass is 32.2. The molecule has 8 heteroatoms. The van der Waals surface area contributed by atoms with E-state index < -0.39 is 21.8 Å². The molecule has 0 aliphatic rings. The van der Waals surface area contributed by atoms with Gasteiger partial charge in [0.2, 0.25) is 0 Å². The van der Waals surface area contributed by atoms with Gasteiger partial charge in [-0.3, -0.25) is 0 Å². The summed E-state index contributed by atoms with van der Waals surface area (Å²) in [5.41, 5.74) is 5.60. The van der Waals surface area contributed by atoms with E-state index in [9.17, 15) is 13.2 Å². The largest absolute Gasteiger partial charge is 0.478 e. The van der Waals surface area contributed by atoms with E-state index in [-0.39, 0.29) is 22.8 Å². The van der Waals surface area contributed by atoms with E-state index in [2.05, 4.69) is 10.3 Å². The minimum Gasteiger partial charge on any atom is -0.478 e. The molecule has 1 unspecified atom stereocenters. The van der Waals surface area contributed by atoms with Gasteiger partial charge in [0, 0.05) is 12.3 Å². The zero-order chi connectivity index (χ0) is 13.9. The number of aromatic nitrogens is 1. The maximum atomic E-state index is 11.1. The molecule has 0 amide bonds. The van der Waals surface area contributed by atoms with Gasteiger partial charge in [0.15, 0.2) is 0 Å². The summed E-state index contributed by atoms with van der Waals surface area (Å²) in [5.74, 6) is -1.16. The number of carboxylic acid groups (broad SMARTS) is 1. The van der Waals surface area contributed by atoms with Crippen LogP contribution in [-0.4, -0.2) is 42.5 Å². The smallest absolute Gasteiger partial charge is 0.337 e. The highest BCUT2D eigenvalue weighted by molar-refractivity contribution is 7.90. The Morgan fingerprint density at radius 2 is 2.22 bits per heavy atom. The molecule has 4 N–H and O–H groups in total. The highest BCUT2D eigenvalue weighted by Gasteiger charge is 2.15. The van der Waals surface area contributed by atoms with Crippen LogP contribution in [0, 0.1) is 0 Å². The molecule has 0 bridgehead atoms. The van der Waals surface area contributed by atoms with Crippen molar-refractivity contribution in [2.24, 2.45) is 0 Å². The molecule has 1 heterocycles. The van der Waals surface area contributed by atoms with Crippen molar-refractivity contribution in [1.82, 2.24) is 4.98 Å². The van der Waals surface area contributed by atoms with E-state index in [1.165, 1.54) is 12.3 Å². The molecule has 7 nitrogen and oxygen atoms in total. The van der Waals surface area contributed by atoms with Gasteiger partial charge in [-0.2, -0.15) is 0 Å². The molecular formula is C10H15N3O4S. The molecule has 0 spiro atoms. The van der Waals surface area contributed by atoms with Crippen molar-refractivity contribution in [1.29, 1.82) is 0 Å². The zero-order valence-electron chi connectivity index (χ0n) is 10.0. The van der Waals surface area contributed by atoms with Crippen LogP contribution < -0.4 is 11.1 Å². The van der Waals surface area contributed by atoms with E-state index in [0.29, 0.717) is 0 Å². The van der Waals surface area contributed by atoms with Crippen molar-refractivity contribution >= 4 is 27.3 Å². The number of sulfone groups is 1. The molecule has 0 aliphatic carbocycles. The summed E-state index contributed by atoms with van der Waals surface area (Å²) < 4.78 is 22.2. The number of nitrogens with two attached hydrogens (primary N) is 1. The molecule has 1 rings (SSSR count). The summed E-state index contributed by atoms with van der Waals surface area (Å²) in [6.45, 7) is 1.64. The SMILES string of the molecule is CC(CS(C)(=O)=O)Nc1cnc(N)cc1C(=O)O. The number of aromatic carboxylic acids is 1. The van der Waals surface area contributed by atoms with E-state index in [1.807, 2.05) is 0 Å². The molecule has 0 saturated carbocycles. The molecule has 18 heavy (non-hydrogen) atoms. The Bertz CT molecular complexity index is 556. The first-order valence-electron chi connectivity index (χ1n) is 5.12. The minimum atomic E-state index is -3.14. The van der Waals surface area contributed by atoms with Crippen molar-refractivity contribution in [2.45, 2.75) is 13.0 Å². The molecular weight excluding hydrogens is 258 g/mol. The lowest BCUT2D eigenvalue weighted by Gasteiger charge is -2.15. The normalized spacial score (nSPS) is 13.0. The van der Waals surface area contributed by atoms with Gasteiger partial charge in [-0.15, -0.1) is 0 Å². The third-order valence-corrected chi connectivity index (χ3v) is 3.22. The summed E-state index contributed by atoms with van der Waals surface area (Å²) >= 11 is 0. The number of hydrogen-bond donors (Lipinski definition) is 3. The summed E-state index contributed by atoms with van der Waals surface area (Å²) in [6.07, 6.45) is 2.39. The van der Waals surface area contributed by atoms with Crippen molar-refractivity contribution in [2.75, 3.05) is 23.1 Å². The van der Waals surface area contributed by atoms with Gasteiger partial charge >= 0.3 is 5.97 Å². The molecule has 0 radical (unpaired) electrons. The third kappa shape index (κ3) is 4.21. The lowest BCUT2D eigenvalue weighted by Crippen LogP contribution is -2.26. The summed E-state index contributed by atoms with van der Waals surface area (Å²) in [4.78, 5) is 14.8. The first kappa shape index (κ1) is 14.2. The number of carboxylic acids is 1. The van der Waals surface area contributed by atoms with Gasteiger partial charge in [0.1, 0.15) is 15.7 Å². The molecule has 100 valence electrons. The predicted molar refractivity (Wildman–Crippen MR) is 68.4 cm³/mol. The Morgan fingerprint density at radius 3 is 2.72 bits per heavy atom. The number of anilines is 2. The zero-order valence-corrected chi connectivity index (χ0v) is 10.9. The average molecular weight is 273 g/mol. The minimum absolute atomic E-state index is 0.0390. The standard InChI is InChI=1S/C10H15N3O4S/c1-6(5-18(2,16)17)13-8-4-12-9(11)3-7(8)10(14)15/h3-4,6,13H,5H2,1-2H3,(H2,11,12)(H,14,15). The maximum absolute atomic E-state index is 11.1. The van der Waals surface area contributed by atoms with Crippen LogP contribution in [0.15, 0.2) is 12.3 Å². The van der Waals surface area contributed by atoms with Crippen LogP contribution >= 0.6 is 0 Å². The van der Waals surface area contributed by atoms with E-state index in [0.717, 1.165) is 6.26 Å². The Kier molecular flexibility index (Phi) is 4.12. The molecule has 0 aromatic carbocycles. The lowest BCUT2D eigenvalue weighted by molar-refractivity contribution is 0.0698. The van der Waals surface area contributed by atoms with Crippen molar-refractivity contribution in [3.05, 3.63) is 17.8 Å². The molecule has 1 aromatic heterocycles. The van der Waals surface area contributed by atoms with Crippen LogP contribution in [0.25, 0.3) is 0 Å². The second kappa shape index (κ2) is 5.21. The average Bonchev–Trinajstić information content (AvgIpc) is 2.17. The van der Waals surface area contributed by atoms with Crippen LogP contribution in [-0.2, 0) is 9.84 Å². The second-order valence-electron chi connectivity index (χ2n) is 4.10. The van der Waals surface area contributed by atoms with Gasteiger partial charge in [0.05, 0.1) is 23.2 Å². The number of nitrogens with one attached hydrogen (secondary N) is 1. The maximum Gasteiger partial charge on any atom is 0.337 e. The van der Waals surface area contributed by atoms with Crippen LogP contribution in [0.1, 0.15) is 17.3 Å². The number of rotatable bonds is 5.